The first-order valence-electron chi connectivity index (χ1n) is 3.83. The molecule has 0 saturated heterocycles. The third kappa shape index (κ3) is 2.03. The van der Waals surface area contributed by atoms with Crippen LogP contribution in [0.4, 0.5) is 8.78 Å². The van der Waals surface area contributed by atoms with Gasteiger partial charge in [-0.05, 0) is 12.0 Å². The largest absolute Gasteiger partial charge is 0.263 e. The molecule has 1 aromatic heterocycles. The van der Waals surface area contributed by atoms with Gasteiger partial charge in [0.1, 0.15) is 12.7 Å². The van der Waals surface area contributed by atoms with Gasteiger partial charge in [0.2, 0.25) is 0 Å². The molecule has 0 amide bonds. The number of nitrogens with zero attached hydrogens (tertiary/aromatic N) is 2. The molecule has 1 radical (unpaired) electrons. The minimum absolute atomic E-state index is 0.211. The van der Waals surface area contributed by atoms with E-state index in [1.54, 1.807) is 6.07 Å². The number of alkyl halides is 2. The van der Waals surface area contributed by atoms with Crippen LogP contribution in [-0.2, 0) is 6.54 Å². The van der Waals surface area contributed by atoms with E-state index in [1.807, 2.05) is 13.8 Å². The zero-order valence-electron chi connectivity index (χ0n) is 7.09. The fourth-order valence-corrected chi connectivity index (χ4v) is 1.04. The Morgan fingerprint density at radius 3 is 2.75 bits per heavy atom. The third-order valence-corrected chi connectivity index (χ3v) is 1.59. The summed E-state index contributed by atoms with van der Waals surface area (Å²) in [6, 6.07) is 1.65. The Labute approximate surface area is 70.2 Å². The van der Waals surface area contributed by atoms with Gasteiger partial charge in [0, 0.05) is 5.69 Å². The molecule has 0 fully saturated rings. The van der Waals surface area contributed by atoms with E-state index < -0.39 is 6.43 Å². The maximum absolute atomic E-state index is 12.0. The van der Waals surface area contributed by atoms with E-state index in [2.05, 4.69) is 11.3 Å². The minimum Gasteiger partial charge on any atom is -0.263 e. The molecule has 1 heterocycles. The van der Waals surface area contributed by atoms with Gasteiger partial charge in [-0.2, -0.15) is 5.10 Å². The fourth-order valence-electron chi connectivity index (χ4n) is 1.04. The van der Waals surface area contributed by atoms with Gasteiger partial charge >= 0.3 is 0 Å². The number of hydrogen-bond acceptors (Lipinski definition) is 1. The van der Waals surface area contributed by atoms with Crippen LogP contribution in [-0.4, -0.2) is 16.2 Å². The molecule has 0 spiro atoms. The summed E-state index contributed by atoms with van der Waals surface area (Å²) in [6.07, 6.45) is 0.214. The standard InChI is InChI=1S/C8H11F2N2/c1-6(2)7-3-4-11-12(7)5-8(9)10/h3,6,8H,5H2,1-2H3. The summed E-state index contributed by atoms with van der Waals surface area (Å²) in [5.74, 6) is 0.211. The lowest BCUT2D eigenvalue weighted by molar-refractivity contribution is 0.120. The summed E-state index contributed by atoms with van der Waals surface area (Å²) in [5.41, 5.74) is 0.801. The predicted molar refractivity (Wildman–Crippen MR) is 41.2 cm³/mol. The van der Waals surface area contributed by atoms with Crippen molar-refractivity contribution in [3.8, 4) is 0 Å². The van der Waals surface area contributed by atoms with E-state index in [-0.39, 0.29) is 12.5 Å². The Morgan fingerprint density at radius 1 is 1.58 bits per heavy atom. The summed E-state index contributed by atoms with van der Waals surface area (Å²) < 4.78 is 25.2. The van der Waals surface area contributed by atoms with Crippen molar-refractivity contribution in [1.82, 2.24) is 9.78 Å². The van der Waals surface area contributed by atoms with E-state index in [1.165, 1.54) is 4.68 Å². The maximum atomic E-state index is 12.0. The molecule has 67 valence electrons. The quantitative estimate of drug-likeness (QED) is 0.684. The van der Waals surface area contributed by atoms with Gasteiger partial charge in [0.05, 0.1) is 0 Å². The second kappa shape index (κ2) is 3.65. The molecule has 12 heavy (non-hydrogen) atoms. The Balaban J connectivity index is 2.77. The minimum atomic E-state index is -2.35. The van der Waals surface area contributed by atoms with Gasteiger partial charge in [0.15, 0.2) is 0 Å². The highest BCUT2D eigenvalue weighted by atomic mass is 19.3. The lowest BCUT2D eigenvalue weighted by Gasteiger charge is -2.08. The highest BCUT2D eigenvalue weighted by Gasteiger charge is 2.10. The molecule has 1 rings (SSSR count). The summed E-state index contributed by atoms with van der Waals surface area (Å²) in [6.45, 7) is 3.54. The summed E-state index contributed by atoms with van der Waals surface area (Å²) in [5, 5.41) is 3.69. The second-order valence-electron chi connectivity index (χ2n) is 2.93. The number of hydrogen-bond donors (Lipinski definition) is 0. The Kier molecular flexibility index (Phi) is 2.78. The first kappa shape index (κ1) is 9.16. The van der Waals surface area contributed by atoms with Gasteiger partial charge in [0.25, 0.3) is 6.43 Å². The topological polar surface area (TPSA) is 17.8 Å². The molecule has 0 aliphatic heterocycles. The molecular weight excluding hydrogens is 162 g/mol. The van der Waals surface area contributed by atoms with Gasteiger partial charge in [-0.15, -0.1) is 0 Å². The van der Waals surface area contributed by atoms with Crippen LogP contribution in [0, 0.1) is 6.20 Å². The fraction of sp³-hybridized carbons (Fsp3) is 0.625. The predicted octanol–water partition coefficient (Wildman–Crippen LogP) is 2.07. The van der Waals surface area contributed by atoms with E-state index >= 15 is 0 Å². The molecule has 4 heteroatoms. The van der Waals surface area contributed by atoms with Crippen LogP contribution in [0.3, 0.4) is 0 Å². The molecule has 2 nitrogen and oxygen atoms in total. The Morgan fingerprint density at radius 2 is 2.25 bits per heavy atom. The Hall–Kier alpha value is -0.930. The van der Waals surface area contributed by atoms with E-state index in [4.69, 9.17) is 0 Å². The molecule has 0 aliphatic carbocycles. The Bertz CT molecular complexity index is 243. The monoisotopic (exact) mass is 173 g/mol. The molecule has 0 atom stereocenters. The highest BCUT2D eigenvalue weighted by Crippen LogP contribution is 2.13. The molecule has 0 aliphatic rings. The van der Waals surface area contributed by atoms with Crippen LogP contribution in [0.15, 0.2) is 6.07 Å². The molecule has 0 aromatic carbocycles. The van der Waals surface area contributed by atoms with Gasteiger partial charge in [-0.25, -0.2) is 8.78 Å². The van der Waals surface area contributed by atoms with Crippen molar-refractivity contribution in [1.29, 1.82) is 0 Å². The van der Waals surface area contributed by atoms with Crippen molar-refractivity contribution in [3.05, 3.63) is 18.0 Å². The highest BCUT2D eigenvalue weighted by molar-refractivity contribution is 5.04. The van der Waals surface area contributed by atoms with Crippen molar-refractivity contribution in [2.45, 2.75) is 32.7 Å². The average Bonchev–Trinajstić information content (AvgIpc) is 2.33. The van der Waals surface area contributed by atoms with Gasteiger partial charge in [-0.3, -0.25) is 4.68 Å². The van der Waals surface area contributed by atoms with Crippen LogP contribution in [0.2, 0.25) is 0 Å². The maximum Gasteiger partial charge on any atom is 0.257 e. The van der Waals surface area contributed by atoms with Crippen molar-refractivity contribution < 1.29 is 8.78 Å². The van der Waals surface area contributed by atoms with Gasteiger partial charge in [-0.1, -0.05) is 13.8 Å². The zero-order chi connectivity index (χ0) is 9.14. The van der Waals surface area contributed by atoms with E-state index in [0.29, 0.717) is 0 Å². The van der Waals surface area contributed by atoms with Crippen molar-refractivity contribution in [2.24, 2.45) is 0 Å². The van der Waals surface area contributed by atoms with Crippen LogP contribution in [0.25, 0.3) is 0 Å². The molecule has 1 aromatic rings. The molecule has 0 bridgehead atoms. The van der Waals surface area contributed by atoms with E-state index in [0.717, 1.165) is 5.69 Å². The summed E-state index contributed by atoms with van der Waals surface area (Å²) in [7, 11) is 0. The molecule has 0 N–H and O–H groups in total. The smallest absolute Gasteiger partial charge is 0.257 e. The first-order chi connectivity index (χ1) is 5.61. The van der Waals surface area contributed by atoms with Crippen molar-refractivity contribution in [2.75, 3.05) is 0 Å². The van der Waals surface area contributed by atoms with Crippen LogP contribution < -0.4 is 0 Å². The second-order valence-corrected chi connectivity index (χ2v) is 2.93. The average molecular weight is 173 g/mol. The van der Waals surface area contributed by atoms with E-state index in [9.17, 15) is 8.78 Å². The molecular formula is C8H11F2N2. The number of halogens is 2. The first-order valence-corrected chi connectivity index (χ1v) is 3.83. The molecule has 0 unspecified atom stereocenters. The van der Waals surface area contributed by atoms with Crippen LogP contribution in [0.1, 0.15) is 25.5 Å². The van der Waals surface area contributed by atoms with Gasteiger partial charge < -0.3 is 0 Å². The SMILES string of the molecule is CC(C)c1c[c]nn1CC(F)F. The third-order valence-electron chi connectivity index (χ3n) is 1.59. The summed E-state index contributed by atoms with van der Waals surface area (Å²) >= 11 is 0. The number of aromatic nitrogens is 2. The lowest BCUT2D eigenvalue weighted by Crippen LogP contribution is -2.11. The summed E-state index contributed by atoms with van der Waals surface area (Å²) in [4.78, 5) is 0. The van der Waals surface area contributed by atoms with Crippen molar-refractivity contribution >= 4 is 0 Å². The normalized spacial score (nSPS) is 11.5. The lowest BCUT2D eigenvalue weighted by atomic mass is 10.1. The number of rotatable bonds is 3. The van der Waals surface area contributed by atoms with Crippen LogP contribution in [0.5, 0.6) is 0 Å². The van der Waals surface area contributed by atoms with Crippen molar-refractivity contribution in [3.63, 3.8) is 0 Å². The molecule has 0 saturated carbocycles. The van der Waals surface area contributed by atoms with Crippen LogP contribution >= 0.6 is 0 Å². The zero-order valence-corrected chi connectivity index (χ0v) is 7.09.